The van der Waals surface area contributed by atoms with Crippen molar-refractivity contribution in [2.45, 2.75) is 92.8 Å². The molecule has 7 nitrogen and oxygen atoms in total. The molecule has 1 aromatic heterocycles. The van der Waals surface area contributed by atoms with Gasteiger partial charge in [0.15, 0.2) is 14.7 Å². The van der Waals surface area contributed by atoms with E-state index >= 15 is 0 Å². The zero-order valence-electron chi connectivity index (χ0n) is 29.4. The SMILES string of the molecule is CC(C)(C)Oc1ccc([S+](c2ccc(OC(C)(C)C)cc2)c2cccc(OCc3ccccn3)c2)cc1.Cc1ccc(S(=O)(=O)[O-])c(C)c1. The lowest BCUT2D eigenvalue weighted by Gasteiger charge is -2.21. The summed E-state index contributed by atoms with van der Waals surface area (Å²) < 4.78 is 50.1. The predicted molar refractivity (Wildman–Crippen MR) is 195 cm³/mol. The summed E-state index contributed by atoms with van der Waals surface area (Å²) in [6.07, 6.45) is 1.78. The number of pyridine rings is 1. The largest absolute Gasteiger partial charge is 0.744 e. The van der Waals surface area contributed by atoms with E-state index in [0.29, 0.717) is 12.2 Å². The number of aryl methyl sites for hydroxylation is 2. The van der Waals surface area contributed by atoms with Crippen LogP contribution in [0.4, 0.5) is 0 Å². The van der Waals surface area contributed by atoms with Crippen molar-refractivity contribution in [3.63, 3.8) is 0 Å². The van der Waals surface area contributed by atoms with E-state index < -0.39 is 10.1 Å². The minimum atomic E-state index is -4.30. The van der Waals surface area contributed by atoms with Crippen molar-refractivity contribution < 1.29 is 27.2 Å². The first-order valence-corrected chi connectivity index (χ1v) is 18.6. The van der Waals surface area contributed by atoms with Gasteiger partial charge in [-0.05, 0) is 140 Å². The first-order chi connectivity index (χ1) is 23.0. The van der Waals surface area contributed by atoms with Crippen LogP contribution < -0.4 is 14.2 Å². The molecule has 0 unspecified atom stereocenters. The molecule has 4 aromatic carbocycles. The van der Waals surface area contributed by atoms with Crippen LogP contribution in [-0.4, -0.2) is 29.2 Å². The summed E-state index contributed by atoms with van der Waals surface area (Å²) in [7, 11) is -4.64. The van der Waals surface area contributed by atoms with E-state index in [1.165, 1.54) is 20.8 Å². The van der Waals surface area contributed by atoms with Gasteiger partial charge in [0.2, 0.25) is 0 Å². The Morgan fingerprint density at radius 2 is 1.22 bits per heavy atom. The Morgan fingerprint density at radius 1 is 0.653 bits per heavy atom. The van der Waals surface area contributed by atoms with Gasteiger partial charge in [-0.2, -0.15) is 0 Å². The maximum Gasteiger partial charge on any atom is 0.170 e. The van der Waals surface area contributed by atoms with E-state index in [4.69, 9.17) is 14.2 Å². The third kappa shape index (κ3) is 12.0. The summed E-state index contributed by atoms with van der Waals surface area (Å²) in [4.78, 5) is 7.81. The summed E-state index contributed by atoms with van der Waals surface area (Å²) >= 11 is 0. The van der Waals surface area contributed by atoms with Crippen LogP contribution in [0.25, 0.3) is 0 Å². The smallest absolute Gasteiger partial charge is 0.170 e. The van der Waals surface area contributed by atoms with Crippen molar-refractivity contribution in [1.29, 1.82) is 0 Å². The van der Waals surface area contributed by atoms with E-state index in [1.54, 1.807) is 25.3 Å². The average Bonchev–Trinajstić information content (AvgIpc) is 3.01. The van der Waals surface area contributed by atoms with Crippen molar-refractivity contribution in [2.24, 2.45) is 0 Å². The molecule has 0 saturated carbocycles. The lowest BCUT2D eigenvalue weighted by Crippen LogP contribution is -2.23. The third-order valence-corrected chi connectivity index (χ3v) is 9.93. The number of rotatable bonds is 9. The van der Waals surface area contributed by atoms with Gasteiger partial charge < -0.3 is 18.8 Å². The first-order valence-electron chi connectivity index (χ1n) is 16.0. The fourth-order valence-electron chi connectivity index (χ4n) is 4.81. The van der Waals surface area contributed by atoms with Gasteiger partial charge in [0.05, 0.1) is 21.5 Å². The first kappa shape index (κ1) is 37.5. The van der Waals surface area contributed by atoms with Gasteiger partial charge in [0.1, 0.15) is 45.2 Å². The van der Waals surface area contributed by atoms with Crippen LogP contribution in [0, 0.1) is 13.8 Å². The van der Waals surface area contributed by atoms with Gasteiger partial charge in [-0.3, -0.25) is 4.98 Å². The fourth-order valence-corrected chi connectivity index (χ4v) is 7.58. The zero-order valence-corrected chi connectivity index (χ0v) is 31.0. The molecule has 0 spiro atoms. The zero-order chi connectivity index (χ0) is 35.8. The summed E-state index contributed by atoms with van der Waals surface area (Å²) in [5, 5.41) is 0. The van der Waals surface area contributed by atoms with Crippen LogP contribution >= 0.6 is 0 Å². The third-order valence-electron chi connectivity index (χ3n) is 6.72. The molecule has 0 atom stereocenters. The summed E-state index contributed by atoms with van der Waals surface area (Å²) in [6.45, 7) is 16.2. The molecule has 5 aromatic rings. The molecule has 1 heterocycles. The molecule has 49 heavy (non-hydrogen) atoms. The Hall–Kier alpha value is -4.31. The van der Waals surface area contributed by atoms with Gasteiger partial charge in [-0.15, -0.1) is 0 Å². The molecule has 5 rings (SSSR count). The fraction of sp³-hybridized carbons (Fsp3) is 0.275. The number of benzene rings is 4. The molecule has 0 aliphatic rings. The van der Waals surface area contributed by atoms with Crippen molar-refractivity contribution in [3.05, 3.63) is 132 Å². The highest BCUT2D eigenvalue weighted by molar-refractivity contribution is 7.97. The molecule has 0 radical (unpaired) electrons. The number of aromatic nitrogens is 1. The molecule has 9 heteroatoms. The molecule has 0 N–H and O–H groups in total. The topological polar surface area (TPSA) is 97.8 Å². The number of hydrogen-bond acceptors (Lipinski definition) is 7. The van der Waals surface area contributed by atoms with Crippen molar-refractivity contribution in [2.75, 3.05) is 0 Å². The van der Waals surface area contributed by atoms with Crippen molar-refractivity contribution in [3.8, 4) is 17.2 Å². The van der Waals surface area contributed by atoms with Crippen LogP contribution in [0.15, 0.2) is 135 Å². The van der Waals surface area contributed by atoms with Gasteiger partial charge in [0.25, 0.3) is 0 Å². The number of ether oxygens (including phenoxy) is 3. The highest BCUT2D eigenvalue weighted by Gasteiger charge is 2.30. The Balaban J connectivity index is 0.000000380. The van der Waals surface area contributed by atoms with E-state index in [2.05, 4.69) is 113 Å². The Labute approximate surface area is 294 Å². The number of hydrogen-bond donors (Lipinski definition) is 0. The predicted octanol–water partition coefficient (Wildman–Crippen LogP) is 9.32. The van der Waals surface area contributed by atoms with E-state index in [1.807, 2.05) is 31.2 Å². The normalized spacial score (nSPS) is 11.8. The van der Waals surface area contributed by atoms with Gasteiger partial charge in [-0.1, -0.05) is 29.8 Å². The van der Waals surface area contributed by atoms with E-state index in [-0.39, 0.29) is 27.0 Å². The average molecular weight is 700 g/mol. The maximum absolute atomic E-state index is 10.6. The molecule has 0 aliphatic heterocycles. The van der Waals surface area contributed by atoms with Gasteiger partial charge in [0, 0.05) is 12.3 Å². The second-order valence-corrected chi connectivity index (χ2v) is 16.9. The minimum absolute atomic E-state index is 0.131. The lowest BCUT2D eigenvalue weighted by atomic mass is 10.2. The molecule has 0 fully saturated rings. The highest BCUT2D eigenvalue weighted by atomic mass is 32.2. The minimum Gasteiger partial charge on any atom is -0.744 e. The van der Waals surface area contributed by atoms with Crippen LogP contribution in [0.3, 0.4) is 0 Å². The van der Waals surface area contributed by atoms with Gasteiger partial charge in [-0.25, -0.2) is 8.42 Å². The Bertz CT molecular complexity index is 1850. The molecule has 0 bridgehead atoms. The molecule has 0 amide bonds. The van der Waals surface area contributed by atoms with Crippen molar-refractivity contribution in [1.82, 2.24) is 4.98 Å². The second-order valence-electron chi connectivity index (χ2n) is 13.5. The molecule has 0 saturated heterocycles. The molecule has 258 valence electrons. The quantitative estimate of drug-likeness (QED) is 0.112. The van der Waals surface area contributed by atoms with Gasteiger partial charge >= 0.3 is 0 Å². The summed E-state index contributed by atoms with van der Waals surface area (Å²) in [5.41, 5.74) is 1.86. The summed E-state index contributed by atoms with van der Waals surface area (Å²) in [6, 6.07) is 35.7. The highest BCUT2D eigenvalue weighted by Crippen LogP contribution is 2.35. The molecule has 0 aliphatic carbocycles. The van der Waals surface area contributed by atoms with Crippen molar-refractivity contribution >= 4 is 21.0 Å². The Kier molecular flexibility index (Phi) is 12.2. The van der Waals surface area contributed by atoms with Crippen LogP contribution in [-0.2, 0) is 27.6 Å². The molecular weight excluding hydrogens is 655 g/mol. The second kappa shape index (κ2) is 15.9. The lowest BCUT2D eigenvalue weighted by molar-refractivity contribution is 0.130. The maximum atomic E-state index is 10.6. The Morgan fingerprint density at radius 3 is 1.69 bits per heavy atom. The summed E-state index contributed by atoms with van der Waals surface area (Å²) in [5.74, 6) is 2.54. The van der Waals surface area contributed by atoms with Crippen LogP contribution in [0.1, 0.15) is 58.4 Å². The standard InChI is InChI=1S/C32H36NO3S.C8H10O3S/c1-31(2,3)35-25-13-17-28(18-14-25)37(29-19-15-26(16-20-29)36-32(4,5)6)30-12-9-11-27(22-30)34-23-24-10-7-8-21-33-24;1-6-3-4-8(7(2)5-6)12(9,10)11/h7-22H,23H2,1-6H3;3-5H,1-2H3,(H,9,10,11)/q+1;/p-1. The van der Waals surface area contributed by atoms with Crippen LogP contribution in [0.5, 0.6) is 17.2 Å². The number of nitrogens with zero attached hydrogens (tertiary/aromatic N) is 1. The van der Waals surface area contributed by atoms with E-state index in [0.717, 1.165) is 28.5 Å². The van der Waals surface area contributed by atoms with E-state index in [9.17, 15) is 13.0 Å². The van der Waals surface area contributed by atoms with Crippen LogP contribution in [0.2, 0.25) is 0 Å². The molecular formula is C40H45NO6S2. The monoisotopic (exact) mass is 699 g/mol.